The van der Waals surface area contributed by atoms with E-state index in [2.05, 4.69) is 5.32 Å². The number of thioether (sulfide) groups is 1. The van der Waals surface area contributed by atoms with Crippen molar-refractivity contribution in [2.45, 2.75) is 19.2 Å². The summed E-state index contributed by atoms with van der Waals surface area (Å²) in [6.07, 6.45) is 0. The summed E-state index contributed by atoms with van der Waals surface area (Å²) in [6.45, 7) is 6.04. The average molecular weight is 356 g/mol. The Hall–Kier alpha value is -1.40. The fourth-order valence-electron chi connectivity index (χ4n) is 2.52. The minimum absolute atomic E-state index is 0.0795. The normalized spacial score (nSPS) is 17.4. The highest BCUT2D eigenvalue weighted by atomic mass is 35.5. The fourth-order valence-corrected chi connectivity index (χ4v) is 4.08. The molecule has 0 spiro atoms. The number of urea groups is 1. The molecule has 3 amide bonds. The van der Waals surface area contributed by atoms with E-state index < -0.39 is 0 Å². The fraction of sp³-hybridized carbons (Fsp3) is 0.500. The molecule has 23 heavy (non-hydrogen) atoms. The number of benzene rings is 1. The standard InChI is InChI=1S/C16H22ClN3O2S/c1-3-18-16(22)19(4-2)9-10-20-14(21)11-23-15(20)12-7-5-6-8-13(12)17/h5-8,15H,3-4,9-11H2,1-2H3,(H,18,22). The van der Waals surface area contributed by atoms with Gasteiger partial charge in [-0.1, -0.05) is 29.8 Å². The number of nitrogens with one attached hydrogen (secondary N) is 1. The average Bonchev–Trinajstić information content (AvgIpc) is 2.90. The zero-order valence-electron chi connectivity index (χ0n) is 13.4. The van der Waals surface area contributed by atoms with Crippen molar-refractivity contribution in [1.82, 2.24) is 15.1 Å². The van der Waals surface area contributed by atoms with E-state index in [9.17, 15) is 9.59 Å². The van der Waals surface area contributed by atoms with Crippen molar-refractivity contribution in [3.05, 3.63) is 34.9 Å². The highest BCUT2D eigenvalue weighted by molar-refractivity contribution is 8.00. The largest absolute Gasteiger partial charge is 0.338 e. The summed E-state index contributed by atoms with van der Waals surface area (Å²) < 4.78 is 0. The van der Waals surface area contributed by atoms with Gasteiger partial charge in [0.2, 0.25) is 5.91 Å². The molecule has 0 aromatic heterocycles. The van der Waals surface area contributed by atoms with Crippen LogP contribution in [0.15, 0.2) is 24.3 Å². The van der Waals surface area contributed by atoms with Crippen molar-refractivity contribution in [2.24, 2.45) is 0 Å². The molecule has 0 bridgehead atoms. The molecule has 0 aliphatic carbocycles. The van der Waals surface area contributed by atoms with Gasteiger partial charge in [0.05, 0.1) is 5.75 Å². The zero-order chi connectivity index (χ0) is 16.8. The smallest absolute Gasteiger partial charge is 0.317 e. The quantitative estimate of drug-likeness (QED) is 0.853. The number of hydrogen-bond acceptors (Lipinski definition) is 3. The molecule has 1 atom stereocenters. The molecule has 1 N–H and O–H groups in total. The van der Waals surface area contributed by atoms with E-state index >= 15 is 0 Å². The molecule has 2 rings (SSSR count). The molecular formula is C16H22ClN3O2S. The third-order valence-electron chi connectivity index (χ3n) is 3.75. The molecule has 1 fully saturated rings. The van der Waals surface area contributed by atoms with Gasteiger partial charge in [0.1, 0.15) is 5.37 Å². The van der Waals surface area contributed by atoms with Crippen LogP contribution >= 0.6 is 23.4 Å². The number of carbonyl (C=O) groups is 2. The monoisotopic (exact) mass is 355 g/mol. The Labute approximate surface area is 146 Å². The van der Waals surface area contributed by atoms with Crippen LogP contribution in [0.4, 0.5) is 4.79 Å². The lowest BCUT2D eigenvalue weighted by Gasteiger charge is -2.28. The lowest BCUT2D eigenvalue weighted by molar-refractivity contribution is -0.128. The SMILES string of the molecule is CCNC(=O)N(CC)CCN1C(=O)CSC1c1ccccc1Cl. The topological polar surface area (TPSA) is 52.7 Å². The number of carbonyl (C=O) groups excluding carboxylic acids is 2. The summed E-state index contributed by atoms with van der Waals surface area (Å²) >= 11 is 7.85. The summed E-state index contributed by atoms with van der Waals surface area (Å²) in [5, 5.41) is 3.38. The van der Waals surface area contributed by atoms with Gasteiger partial charge >= 0.3 is 6.03 Å². The molecule has 5 nitrogen and oxygen atoms in total. The van der Waals surface area contributed by atoms with Crippen molar-refractivity contribution >= 4 is 35.3 Å². The van der Waals surface area contributed by atoms with Gasteiger partial charge < -0.3 is 15.1 Å². The van der Waals surface area contributed by atoms with Crippen LogP contribution in [0.2, 0.25) is 5.02 Å². The Morgan fingerprint density at radius 3 is 2.83 bits per heavy atom. The van der Waals surface area contributed by atoms with Crippen LogP contribution in [-0.4, -0.2) is 53.7 Å². The lowest BCUT2D eigenvalue weighted by atomic mass is 10.2. The third-order valence-corrected chi connectivity index (χ3v) is 5.33. The van der Waals surface area contributed by atoms with Crippen LogP contribution in [-0.2, 0) is 4.79 Å². The number of hydrogen-bond donors (Lipinski definition) is 1. The third kappa shape index (κ3) is 4.32. The van der Waals surface area contributed by atoms with Crippen LogP contribution in [0.1, 0.15) is 24.8 Å². The second kappa shape index (κ2) is 8.45. The number of amides is 3. The molecule has 1 aromatic carbocycles. The van der Waals surface area contributed by atoms with E-state index in [1.807, 2.05) is 43.0 Å². The molecule has 1 saturated heterocycles. The molecular weight excluding hydrogens is 334 g/mol. The van der Waals surface area contributed by atoms with Crippen LogP contribution in [0.5, 0.6) is 0 Å². The van der Waals surface area contributed by atoms with Gasteiger partial charge in [0.15, 0.2) is 0 Å². The maximum atomic E-state index is 12.2. The van der Waals surface area contributed by atoms with E-state index in [1.165, 1.54) is 0 Å². The first kappa shape index (κ1) is 17.9. The van der Waals surface area contributed by atoms with E-state index in [4.69, 9.17) is 11.6 Å². The van der Waals surface area contributed by atoms with Crippen molar-refractivity contribution in [1.29, 1.82) is 0 Å². The number of nitrogens with zero attached hydrogens (tertiary/aromatic N) is 2. The van der Waals surface area contributed by atoms with Crippen molar-refractivity contribution in [3.8, 4) is 0 Å². The predicted octanol–water partition coefficient (Wildman–Crippen LogP) is 2.97. The van der Waals surface area contributed by atoms with E-state index in [0.717, 1.165) is 5.56 Å². The summed E-state index contributed by atoms with van der Waals surface area (Å²) in [6, 6.07) is 7.50. The highest BCUT2D eigenvalue weighted by Gasteiger charge is 2.34. The van der Waals surface area contributed by atoms with Crippen molar-refractivity contribution in [3.63, 3.8) is 0 Å². The van der Waals surface area contributed by atoms with Gasteiger partial charge in [-0.3, -0.25) is 4.79 Å². The number of halogens is 1. The van der Waals surface area contributed by atoms with E-state index in [-0.39, 0.29) is 17.3 Å². The van der Waals surface area contributed by atoms with Crippen LogP contribution in [0.25, 0.3) is 0 Å². The maximum absolute atomic E-state index is 12.2. The Morgan fingerprint density at radius 1 is 1.43 bits per heavy atom. The minimum atomic E-state index is -0.0939. The Kier molecular flexibility index (Phi) is 6.59. The van der Waals surface area contributed by atoms with Gasteiger partial charge in [0, 0.05) is 36.8 Å². The second-order valence-electron chi connectivity index (χ2n) is 5.19. The molecule has 1 aliphatic rings. The molecule has 0 radical (unpaired) electrons. The summed E-state index contributed by atoms with van der Waals surface area (Å²) in [5.41, 5.74) is 0.950. The predicted molar refractivity (Wildman–Crippen MR) is 94.7 cm³/mol. The first-order valence-electron chi connectivity index (χ1n) is 7.76. The van der Waals surface area contributed by atoms with E-state index in [0.29, 0.717) is 37.0 Å². The van der Waals surface area contributed by atoms with Crippen LogP contribution in [0, 0.1) is 0 Å². The zero-order valence-corrected chi connectivity index (χ0v) is 15.0. The second-order valence-corrected chi connectivity index (χ2v) is 6.66. The highest BCUT2D eigenvalue weighted by Crippen LogP contribution is 2.41. The molecule has 0 saturated carbocycles. The first-order chi connectivity index (χ1) is 11.1. The van der Waals surface area contributed by atoms with Gasteiger partial charge in [-0.25, -0.2) is 4.79 Å². The number of rotatable bonds is 6. The molecule has 1 aliphatic heterocycles. The van der Waals surface area contributed by atoms with E-state index in [1.54, 1.807) is 16.7 Å². The Bertz CT molecular complexity index is 570. The molecule has 7 heteroatoms. The molecule has 126 valence electrons. The van der Waals surface area contributed by atoms with Crippen molar-refractivity contribution in [2.75, 3.05) is 31.9 Å². The van der Waals surface area contributed by atoms with Gasteiger partial charge in [-0.15, -0.1) is 11.8 Å². The first-order valence-corrected chi connectivity index (χ1v) is 9.19. The van der Waals surface area contributed by atoms with Crippen molar-refractivity contribution < 1.29 is 9.59 Å². The molecule has 1 aromatic rings. The molecule has 1 heterocycles. The molecule has 1 unspecified atom stereocenters. The van der Waals surface area contributed by atoms with Gasteiger partial charge in [-0.05, 0) is 19.9 Å². The maximum Gasteiger partial charge on any atom is 0.317 e. The summed E-state index contributed by atoms with van der Waals surface area (Å²) in [5.74, 6) is 0.537. The number of likely N-dealkylation sites (N-methyl/N-ethyl adjacent to an activating group) is 1. The summed E-state index contributed by atoms with van der Waals surface area (Å²) in [7, 11) is 0. The lowest BCUT2D eigenvalue weighted by Crippen LogP contribution is -2.44. The van der Waals surface area contributed by atoms with Gasteiger partial charge in [0.25, 0.3) is 0 Å². The van der Waals surface area contributed by atoms with Crippen LogP contribution < -0.4 is 5.32 Å². The van der Waals surface area contributed by atoms with Crippen LogP contribution in [0.3, 0.4) is 0 Å². The minimum Gasteiger partial charge on any atom is -0.338 e. The van der Waals surface area contributed by atoms with Gasteiger partial charge in [-0.2, -0.15) is 0 Å². The Balaban J connectivity index is 2.06. The Morgan fingerprint density at radius 2 is 2.17 bits per heavy atom. The summed E-state index contributed by atoms with van der Waals surface area (Å²) in [4.78, 5) is 27.7.